The van der Waals surface area contributed by atoms with E-state index in [1.54, 1.807) is 12.1 Å². The molecule has 0 radical (unpaired) electrons. The van der Waals surface area contributed by atoms with Crippen molar-refractivity contribution in [3.8, 4) is 5.69 Å². The van der Waals surface area contributed by atoms with E-state index in [9.17, 15) is 10.1 Å². The Hall–Kier alpha value is -4.18. The van der Waals surface area contributed by atoms with E-state index >= 15 is 0 Å². The van der Waals surface area contributed by atoms with Crippen molar-refractivity contribution >= 4 is 49.0 Å². The number of hydrogen-bond acceptors (Lipinski definition) is 2. The molecule has 4 nitrogen and oxygen atoms in total. The lowest BCUT2D eigenvalue weighted by Gasteiger charge is -2.11. The monoisotopic (exact) mass is 388 g/mol. The Morgan fingerprint density at radius 3 is 2.17 bits per heavy atom. The molecule has 0 saturated carbocycles. The molecule has 6 aromatic rings. The molecule has 0 fully saturated rings. The number of benzene rings is 5. The van der Waals surface area contributed by atoms with Crippen LogP contribution in [0, 0.1) is 10.1 Å². The quantitative estimate of drug-likeness (QED) is 0.182. The number of non-ortho nitro benzene ring substituents is 1. The summed E-state index contributed by atoms with van der Waals surface area (Å²) in [5.74, 6) is 0. The van der Waals surface area contributed by atoms with Gasteiger partial charge in [0.25, 0.3) is 5.69 Å². The molecule has 0 aliphatic carbocycles. The number of fused-ring (bicyclic) bond motifs is 7. The fourth-order valence-electron chi connectivity index (χ4n) is 4.63. The van der Waals surface area contributed by atoms with Gasteiger partial charge in [0.2, 0.25) is 0 Å². The van der Waals surface area contributed by atoms with Gasteiger partial charge in [-0.25, -0.2) is 0 Å². The highest BCUT2D eigenvalue weighted by molar-refractivity contribution is 6.24. The van der Waals surface area contributed by atoms with Gasteiger partial charge in [0.15, 0.2) is 0 Å². The molecule has 30 heavy (non-hydrogen) atoms. The first-order chi connectivity index (χ1) is 14.7. The lowest BCUT2D eigenvalue weighted by molar-refractivity contribution is -0.383. The molecule has 1 heterocycles. The van der Waals surface area contributed by atoms with Gasteiger partial charge in [0.1, 0.15) is 0 Å². The van der Waals surface area contributed by atoms with Crippen LogP contribution in [0.5, 0.6) is 0 Å². The number of nitrogens with zero attached hydrogens (tertiary/aromatic N) is 2. The Kier molecular flexibility index (Phi) is 3.44. The SMILES string of the molecule is O=[N+]([O-])c1cccc2ccc3c(ccc4c5ccccc5n(-c5ccccc5)c34)c12. The van der Waals surface area contributed by atoms with Crippen LogP contribution in [0.15, 0.2) is 97.1 Å². The molecule has 0 bridgehead atoms. The second kappa shape index (κ2) is 6.16. The molecule has 6 rings (SSSR count). The minimum Gasteiger partial charge on any atom is -0.309 e. The number of nitro benzene ring substituents is 1. The average Bonchev–Trinajstić information content (AvgIpc) is 3.13. The van der Waals surface area contributed by atoms with Gasteiger partial charge in [-0.1, -0.05) is 72.8 Å². The maximum atomic E-state index is 11.8. The highest BCUT2D eigenvalue weighted by atomic mass is 16.6. The first-order valence-corrected chi connectivity index (χ1v) is 9.81. The van der Waals surface area contributed by atoms with Crippen LogP contribution in [0.1, 0.15) is 0 Å². The minimum absolute atomic E-state index is 0.139. The summed E-state index contributed by atoms with van der Waals surface area (Å²) in [6.45, 7) is 0. The summed E-state index contributed by atoms with van der Waals surface area (Å²) in [6.07, 6.45) is 0. The molecule has 1 aromatic heterocycles. The standard InChI is InChI=1S/C26H16N2O2/c29-28(30)24-12-6-7-17-13-14-22-20(25(17)24)15-16-21-19-10-4-5-11-23(19)27(26(21)22)18-8-2-1-3-9-18/h1-16H. The Morgan fingerprint density at radius 1 is 0.633 bits per heavy atom. The Balaban J connectivity index is 1.89. The van der Waals surface area contributed by atoms with Crippen LogP contribution in [0.25, 0.3) is 49.0 Å². The van der Waals surface area contributed by atoms with Crippen molar-refractivity contribution in [2.24, 2.45) is 0 Å². The molecule has 0 spiro atoms. The molecule has 0 aliphatic rings. The van der Waals surface area contributed by atoms with Crippen LogP contribution in [0.2, 0.25) is 0 Å². The first kappa shape index (κ1) is 16.7. The molecule has 0 atom stereocenters. The van der Waals surface area contributed by atoms with E-state index in [0.29, 0.717) is 5.39 Å². The van der Waals surface area contributed by atoms with Crippen LogP contribution in [0.3, 0.4) is 0 Å². The molecular formula is C26H16N2O2. The van der Waals surface area contributed by atoms with Gasteiger partial charge in [-0.3, -0.25) is 10.1 Å². The summed E-state index contributed by atoms with van der Waals surface area (Å²) in [4.78, 5) is 11.5. The van der Waals surface area contributed by atoms with Crippen molar-refractivity contribution in [2.45, 2.75) is 0 Å². The summed E-state index contributed by atoms with van der Waals surface area (Å²) in [5, 5.41) is 17.5. The molecule has 4 heteroatoms. The summed E-state index contributed by atoms with van der Waals surface area (Å²) in [7, 11) is 0. The molecule has 0 amide bonds. The van der Waals surface area contributed by atoms with E-state index in [2.05, 4.69) is 41.0 Å². The van der Waals surface area contributed by atoms with E-state index in [1.807, 2.05) is 48.5 Å². The molecule has 0 saturated heterocycles. The van der Waals surface area contributed by atoms with Gasteiger partial charge in [0.05, 0.1) is 21.3 Å². The Labute approximate surface area is 171 Å². The van der Waals surface area contributed by atoms with Gasteiger partial charge in [-0.2, -0.15) is 0 Å². The van der Waals surface area contributed by atoms with E-state index in [1.165, 1.54) is 5.39 Å². The van der Waals surface area contributed by atoms with Gasteiger partial charge >= 0.3 is 0 Å². The van der Waals surface area contributed by atoms with E-state index in [-0.39, 0.29) is 10.6 Å². The van der Waals surface area contributed by atoms with Crippen LogP contribution < -0.4 is 0 Å². The van der Waals surface area contributed by atoms with Crippen LogP contribution in [-0.2, 0) is 0 Å². The second-order valence-electron chi connectivity index (χ2n) is 7.44. The van der Waals surface area contributed by atoms with Gasteiger partial charge in [0, 0.05) is 27.9 Å². The van der Waals surface area contributed by atoms with Crippen LogP contribution in [0.4, 0.5) is 5.69 Å². The molecule has 0 N–H and O–H groups in total. The van der Waals surface area contributed by atoms with Crippen molar-refractivity contribution in [1.82, 2.24) is 4.57 Å². The van der Waals surface area contributed by atoms with E-state index in [4.69, 9.17) is 0 Å². The van der Waals surface area contributed by atoms with Crippen molar-refractivity contribution in [3.05, 3.63) is 107 Å². The highest BCUT2D eigenvalue weighted by Crippen LogP contribution is 2.40. The fraction of sp³-hybridized carbons (Fsp3) is 0. The topological polar surface area (TPSA) is 48.1 Å². The lowest BCUT2D eigenvalue weighted by Crippen LogP contribution is -1.95. The largest absolute Gasteiger partial charge is 0.309 e. The summed E-state index contributed by atoms with van der Waals surface area (Å²) < 4.78 is 2.26. The minimum atomic E-state index is -0.293. The summed E-state index contributed by atoms with van der Waals surface area (Å²) >= 11 is 0. The van der Waals surface area contributed by atoms with E-state index in [0.717, 1.165) is 38.3 Å². The second-order valence-corrected chi connectivity index (χ2v) is 7.44. The van der Waals surface area contributed by atoms with Crippen molar-refractivity contribution in [3.63, 3.8) is 0 Å². The maximum absolute atomic E-state index is 11.8. The average molecular weight is 388 g/mol. The predicted octanol–water partition coefficient (Wildman–Crippen LogP) is 7.00. The number of rotatable bonds is 2. The number of hydrogen-bond donors (Lipinski definition) is 0. The Bertz CT molecular complexity index is 1610. The van der Waals surface area contributed by atoms with Gasteiger partial charge < -0.3 is 4.57 Å². The smallest absolute Gasteiger partial charge is 0.277 e. The first-order valence-electron chi connectivity index (χ1n) is 9.81. The zero-order valence-electron chi connectivity index (χ0n) is 15.9. The maximum Gasteiger partial charge on any atom is 0.277 e. The number of nitro groups is 1. The molecular weight excluding hydrogens is 372 g/mol. The zero-order chi connectivity index (χ0) is 20.2. The normalized spacial score (nSPS) is 11.6. The number of aromatic nitrogens is 1. The van der Waals surface area contributed by atoms with Gasteiger partial charge in [-0.15, -0.1) is 0 Å². The fourth-order valence-corrected chi connectivity index (χ4v) is 4.63. The third kappa shape index (κ3) is 2.22. The van der Waals surface area contributed by atoms with Crippen LogP contribution in [-0.4, -0.2) is 9.49 Å². The molecule has 142 valence electrons. The third-order valence-corrected chi connectivity index (χ3v) is 5.86. The molecule has 5 aromatic carbocycles. The highest BCUT2D eigenvalue weighted by Gasteiger charge is 2.19. The summed E-state index contributed by atoms with van der Waals surface area (Å²) in [5.41, 5.74) is 3.40. The summed E-state index contributed by atoms with van der Waals surface area (Å²) in [6, 6.07) is 32.0. The van der Waals surface area contributed by atoms with Crippen LogP contribution >= 0.6 is 0 Å². The predicted molar refractivity (Wildman–Crippen MR) is 122 cm³/mol. The Morgan fingerprint density at radius 2 is 1.33 bits per heavy atom. The molecule has 0 aliphatic heterocycles. The van der Waals surface area contributed by atoms with Gasteiger partial charge in [-0.05, 0) is 29.0 Å². The molecule has 0 unspecified atom stereocenters. The zero-order valence-corrected chi connectivity index (χ0v) is 15.9. The van der Waals surface area contributed by atoms with Crippen molar-refractivity contribution < 1.29 is 4.92 Å². The third-order valence-electron chi connectivity index (χ3n) is 5.86. The van der Waals surface area contributed by atoms with Crippen molar-refractivity contribution in [1.29, 1.82) is 0 Å². The number of para-hydroxylation sites is 2. The lowest BCUT2D eigenvalue weighted by atomic mass is 9.98. The van der Waals surface area contributed by atoms with Crippen molar-refractivity contribution in [2.75, 3.05) is 0 Å². The van der Waals surface area contributed by atoms with E-state index < -0.39 is 0 Å².